The molecule has 1 fully saturated rings. The minimum absolute atomic E-state index is 0.106. The smallest absolute Gasteiger partial charge is 0.153 e. The summed E-state index contributed by atoms with van der Waals surface area (Å²) in [4.78, 5) is 9.99. The number of hydrogen-bond donors (Lipinski definition) is 1. The van der Waals surface area contributed by atoms with Gasteiger partial charge in [-0.3, -0.25) is 4.99 Å². The van der Waals surface area contributed by atoms with Crippen molar-refractivity contribution in [3.63, 3.8) is 0 Å². The fourth-order valence-electron chi connectivity index (χ4n) is 4.84. The first-order chi connectivity index (χ1) is 13.9. The lowest BCUT2D eigenvalue weighted by molar-refractivity contribution is 0.0872. The molecule has 2 aliphatic heterocycles. The molecule has 1 N–H and O–H groups in total. The van der Waals surface area contributed by atoms with Crippen LogP contribution < -0.4 is 10.4 Å². The molecule has 0 spiro atoms. The monoisotopic (exact) mass is 392 g/mol. The molecule has 1 saturated heterocycles. The standard InChI is InChI=1S/C24H32N4O/c1-7-19-10-9-18-13-25-23-21(20-16(4)11-15(3)12-17(20)5)24(6,14-29-8-2)27-28(23)22(18)26-19/h9-12,21,27H,7-8,13-14H2,1-6H3. The summed E-state index contributed by atoms with van der Waals surface area (Å²) in [5.74, 6) is 2.15. The zero-order valence-corrected chi connectivity index (χ0v) is 18.5. The number of amidine groups is 1. The van der Waals surface area contributed by atoms with Crippen molar-refractivity contribution in [1.82, 2.24) is 10.4 Å². The van der Waals surface area contributed by atoms with Crippen LogP contribution in [0.2, 0.25) is 0 Å². The molecule has 2 unspecified atom stereocenters. The zero-order valence-electron chi connectivity index (χ0n) is 18.5. The van der Waals surface area contributed by atoms with Crippen LogP contribution in [0.4, 0.5) is 5.82 Å². The highest BCUT2D eigenvalue weighted by Crippen LogP contribution is 2.43. The van der Waals surface area contributed by atoms with E-state index in [1.807, 2.05) is 6.92 Å². The molecule has 29 heavy (non-hydrogen) atoms. The molecule has 0 radical (unpaired) electrons. The highest BCUT2D eigenvalue weighted by atomic mass is 16.5. The summed E-state index contributed by atoms with van der Waals surface area (Å²) in [5.41, 5.74) is 11.0. The molecule has 2 aromatic rings. The molecule has 2 atom stereocenters. The molecule has 3 heterocycles. The van der Waals surface area contributed by atoms with E-state index < -0.39 is 0 Å². The fraction of sp³-hybridized carbons (Fsp3) is 0.500. The number of anilines is 1. The molecule has 0 aliphatic carbocycles. The van der Waals surface area contributed by atoms with E-state index in [0.29, 0.717) is 19.8 Å². The van der Waals surface area contributed by atoms with Gasteiger partial charge in [0.1, 0.15) is 5.84 Å². The number of hydrogen-bond acceptors (Lipinski definition) is 5. The minimum atomic E-state index is -0.300. The molecule has 154 valence electrons. The van der Waals surface area contributed by atoms with Crippen molar-refractivity contribution in [2.45, 2.75) is 66.0 Å². The maximum Gasteiger partial charge on any atom is 0.153 e. The second-order valence-electron chi connectivity index (χ2n) is 8.56. The number of rotatable bonds is 5. The normalized spacial score (nSPS) is 23.0. The van der Waals surface area contributed by atoms with Crippen LogP contribution >= 0.6 is 0 Å². The van der Waals surface area contributed by atoms with Crippen LogP contribution in [0.3, 0.4) is 0 Å². The number of aryl methyl sites for hydroxylation is 4. The van der Waals surface area contributed by atoms with Crippen molar-refractivity contribution in [3.8, 4) is 0 Å². The number of fused-ring (bicyclic) bond motifs is 3. The Morgan fingerprint density at radius 2 is 1.90 bits per heavy atom. The van der Waals surface area contributed by atoms with Crippen LogP contribution in [-0.2, 0) is 17.7 Å². The van der Waals surface area contributed by atoms with Gasteiger partial charge in [-0.05, 0) is 63.8 Å². The van der Waals surface area contributed by atoms with Gasteiger partial charge in [-0.15, -0.1) is 0 Å². The van der Waals surface area contributed by atoms with Crippen LogP contribution in [0.25, 0.3) is 0 Å². The van der Waals surface area contributed by atoms with Crippen molar-refractivity contribution in [2.75, 3.05) is 18.2 Å². The number of aliphatic imine (C=N–C) groups is 1. The lowest BCUT2D eigenvalue weighted by Crippen LogP contribution is -2.50. The summed E-state index contributed by atoms with van der Waals surface area (Å²) in [5, 5.41) is 2.13. The van der Waals surface area contributed by atoms with Gasteiger partial charge < -0.3 is 4.74 Å². The first-order valence-corrected chi connectivity index (χ1v) is 10.6. The summed E-state index contributed by atoms with van der Waals surface area (Å²) in [6.45, 7) is 15.0. The van der Waals surface area contributed by atoms with Crippen molar-refractivity contribution >= 4 is 11.7 Å². The Hall–Kier alpha value is -2.24. The van der Waals surface area contributed by atoms with Crippen molar-refractivity contribution in [3.05, 3.63) is 57.8 Å². The molecule has 0 saturated carbocycles. The van der Waals surface area contributed by atoms with Crippen LogP contribution in [0, 0.1) is 20.8 Å². The Morgan fingerprint density at radius 3 is 2.55 bits per heavy atom. The number of nitrogens with one attached hydrogen (secondary N) is 1. The highest BCUT2D eigenvalue weighted by molar-refractivity contribution is 6.06. The van der Waals surface area contributed by atoms with Crippen LogP contribution in [0.5, 0.6) is 0 Å². The molecule has 5 heteroatoms. The molecule has 1 aromatic heterocycles. The van der Waals surface area contributed by atoms with Crippen LogP contribution in [-0.4, -0.2) is 29.6 Å². The van der Waals surface area contributed by atoms with Gasteiger partial charge in [0.05, 0.1) is 24.6 Å². The van der Waals surface area contributed by atoms with Gasteiger partial charge in [0, 0.05) is 17.9 Å². The summed E-state index contributed by atoms with van der Waals surface area (Å²) < 4.78 is 5.95. The number of nitrogens with zero attached hydrogens (tertiary/aromatic N) is 3. The highest BCUT2D eigenvalue weighted by Gasteiger charge is 2.51. The summed E-state index contributed by atoms with van der Waals surface area (Å²) >= 11 is 0. The van der Waals surface area contributed by atoms with E-state index in [-0.39, 0.29) is 11.5 Å². The molecular weight excluding hydrogens is 360 g/mol. The number of ether oxygens (including phenoxy) is 1. The van der Waals surface area contributed by atoms with E-state index in [9.17, 15) is 0 Å². The SMILES string of the molecule is CCOCC1(C)NN2C(=NCc3ccc(CC)nc32)C1c1c(C)cc(C)cc1C. The third kappa shape index (κ3) is 3.36. The van der Waals surface area contributed by atoms with Gasteiger partial charge in [0.15, 0.2) is 5.82 Å². The summed E-state index contributed by atoms with van der Waals surface area (Å²) in [7, 11) is 0. The topological polar surface area (TPSA) is 49.8 Å². The predicted octanol–water partition coefficient (Wildman–Crippen LogP) is 4.38. The quantitative estimate of drug-likeness (QED) is 0.820. The van der Waals surface area contributed by atoms with Gasteiger partial charge >= 0.3 is 0 Å². The Morgan fingerprint density at radius 1 is 1.17 bits per heavy atom. The number of hydrazine groups is 1. The summed E-state index contributed by atoms with van der Waals surface area (Å²) in [6, 6.07) is 8.83. The second kappa shape index (κ2) is 7.54. The molecule has 5 nitrogen and oxygen atoms in total. The number of pyridine rings is 1. The number of benzene rings is 1. The van der Waals surface area contributed by atoms with Gasteiger partial charge in [-0.25, -0.2) is 15.4 Å². The predicted molar refractivity (Wildman–Crippen MR) is 119 cm³/mol. The van der Waals surface area contributed by atoms with Crippen molar-refractivity contribution in [1.29, 1.82) is 0 Å². The molecular formula is C24H32N4O. The second-order valence-corrected chi connectivity index (χ2v) is 8.56. The largest absolute Gasteiger partial charge is 0.380 e. The number of aromatic nitrogens is 1. The Balaban J connectivity index is 1.86. The Labute approximate surface area is 174 Å². The van der Waals surface area contributed by atoms with E-state index in [1.54, 1.807) is 0 Å². The minimum Gasteiger partial charge on any atom is -0.380 e. The van der Waals surface area contributed by atoms with Crippen molar-refractivity contribution in [2.24, 2.45) is 4.99 Å². The van der Waals surface area contributed by atoms with E-state index in [0.717, 1.165) is 29.3 Å². The fourth-order valence-corrected chi connectivity index (χ4v) is 4.84. The first-order valence-electron chi connectivity index (χ1n) is 10.6. The Bertz CT molecular complexity index is 944. The lowest BCUT2D eigenvalue weighted by Gasteiger charge is -2.31. The molecule has 4 rings (SSSR count). The van der Waals surface area contributed by atoms with Gasteiger partial charge in [-0.1, -0.05) is 30.7 Å². The average Bonchev–Trinajstić information content (AvgIpc) is 2.98. The van der Waals surface area contributed by atoms with Gasteiger partial charge in [0.2, 0.25) is 0 Å². The maximum absolute atomic E-state index is 5.95. The Kier molecular flexibility index (Phi) is 5.21. The third-order valence-corrected chi connectivity index (χ3v) is 6.12. The van der Waals surface area contributed by atoms with E-state index >= 15 is 0 Å². The maximum atomic E-state index is 5.95. The summed E-state index contributed by atoms with van der Waals surface area (Å²) in [6.07, 6.45) is 0.920. The van der Waals surface area contributed by atoms with E-state index in [2.05, 4.69) is 69.3 Å². The van der Waals surface area contributed by atoms with Crippen LogP contribution in [0.15, 0.2) is 29.3 Å². The van der Waals surface area contributed by atoms with E-state index in [1.165, 1.54) is 22.3 Å². The molecule has 0 amide bonds. The van der Waals surface area contributed by atoms with E-state index in [4.69, 9.17) is 14.7 Å². The average molecular weight is 393 g/mol. The molecule has 1 aromatic carbocycles. The van der Waals surface area contributed by atoms with Gasteiger partial charge in [-0.2, -0.15) is 0 Å². The van der Waals surface area contributed by atoms with Crippen molar-refractivity contribution < 1.29 is 4.74 Å². The van der Waals surface area contributed by atoms with Crippen LogP contribution in [0.1, 0.15) is 60.2 Å². The zero-order chi connectivity index (χ0) is 20.8. The van der Waals surface area contributed by atoms with Gasteiger partial charge in [0.25, 0.3) is 0 Å². The first kappa shape index (κ1) is 20.0. The molecule has 2 aliphatic rings. The lowest BCUT2D eigenvalue weighted by atomic mass is 9.77. The third-order valence-electron chi connectivity index (χ3n) is 6.12. The molecule has 0 bridgehead atoms.